The fourth-order valence-corrected chi connectivity index (χ4v) is 5.45. The zero-order valence-electron chi connectivity index (χ0n) is 16.0. The number of carbonyl (C=O) groups is 1. The molecular formula is C20H17F2N5O3S. The molecular weight excluding hydrogens is 428 g/mol. The number of nitrogens with two attached hydrogens (primary N) is 2. The molecule has 2 aromatic carbocycles. The number of benzene rings is 2. The Hall–Kier alpha value is -3.28. The van der Waals surface area contributed by atoms with Crippen molar-refractivity contribution < 1.29 is 18.7 Å². The standard InChI is InChI=1S/C20H17F2N5O3S/c21-8-1-2-10-13(5-8)31-19-15(20(29)30)18(28)14-11(27(10)19)6-12(16(22)17(14)25-24)26-4-3-9(23)7-26/h1-2,5-6,9,25H,3-4,7,23-24H2,(H,29,30). The van der Waals surface area contributed by atoms with Gasteiger partial charge in [-0.1, -0.05) is 0 Å². The molecule has 0 aliphatic carbocycles. The van der Waals surface area contributed by atoms with Crippen LogP contribution in [-0.4, -0.2) is 34.6 Å². The summed E-state index contributed by atoms with van der Waals surface area (Å²) < 4.78 is 31.2. The molecule has 11 heteroatoms. The fraction of sp³-hybridized carbons (Fsp3) is 0.200. The molecule has 6 N–H and O–H groups in total. The number of aromatic carboxylic acids is 1. The van der Waals surface area contributed by atoms with Crippen LogP contribution in [0.5, 0.6) is 0 Å². The second-order valence-corrected chi connectivity index (χ2v) is 8.51. The van der Waals surface area contributed by atoms with Gasteiger partial charge in [-0.15, -0.1) is 11.3 Å². The highest BCUT2D eigenvalue weighted by molar-refractivity contribution is 7.24. The summed E-state index contributed by atoms with van der Waals surface area (Å²) in [5.41, 5.74) is 7.49. The molecule has 3 heterocycles. The van der Waals surface area contributed by atoms with Crippen LogP contribution in [0, 0.1) is 11.6 Å². The van der Waals surface area contributed by atoms with E-state index in [0.29, 0.717) is 29.7 Å². The molecule has 0 radical (unpaired) electrons. The molecule has 1 aliphatic heterocycles. The maximum atomic E-state index is 15.4. The molecule has 31 heavy (non-hydrogen) atoms. The number of hydrogen-bond donors (Lipinski definition) is 4. The number of hydrazine groups is 1. The quantitative estimate of drug-likeness (QED) is 0.282. The third-order valence-corrected chi connectivity index (χ3v) is 6.76. The van der Waals surface area contributed by atoms with Gasteiger partial charge in [0, 0.05) is 19.1 Å². The van der Waals surface area contributed by atoms with Crippen molar-refractivity contribution in [3.05, 3.63) is 51.7 Å². The van der Waals surface area contributed by atoms with Crippen LogP contribution in [0.1, 0.15) is 16.8 Å². The first-order valence-corrected chi connectivity index (χ1v) is 10.3. The monoisotopic (exact) mass is 445 g/mol. The normalized spacial score (nSPS) is 16.6. The summed E-state index contributed by atoms with van der Waals surface area (Å²) in [7, 11) is 0. The number of nitrogens with one attached hydrogen (secondary N) is 1. The molecule has 0 bridgehead atoms. The Kier molecular flexibility index (Phi) is 4.36. The third-order valence-electron chi connectivity index (χ3n) is 5.63. The van der Waals surface area contributed by atoms with Gasteiger partial charge in [-0.3, -0.25) is 15.0 Å². The Morgan fingerprint density at radius 1 is 1.26 bits per heavy atom. The van der Waals surface area contributed by atoms with Gasteiger partial charge in [-0.2, -0.15) is 0 Å². The van der Waals surface area contributed by atoms with Crippen LogP contribution < -0.4 is 27.3 Å². The largest absolute Gasteiger partial charge is 0.477 e. The van der Waals surface area contributed by atoms with Crippen LogP contribution in [0.15, 0.2) is 29.1 Å². The van der Waals surface area contributed by atoms with Gasteiger partial charge in [-0.05, 0) is 30.7 Å². The number of hydrogen-bond acceptors (Lipinski definition) is 7. The number of carboxylic acid groups (broad SMARTS) is 1. The molecule has 4 aromatic rings. The maximum absolute atomic E-state index is 15.4. The van der Waals surface area contributed by atoms with Crippen molar-refractivity contribution in [2.75, 3.05) is 23.4 Å². The summed E-state index contributed by atoms with van der Waals surface area (Å²) in [5.74, 6) is 2.86. The van der Waals surface area contributed by atoms with Crippen molar-refractivity contribution in [3.8, 4) is 0 Å². The predicted molar refractivity (Wildman–Crippen MR) is 116 cm³/mol. The van der Waals surface area contributed by atoms with Crippen LogP contribution in [0.3, 0.4) is 0 Å². The molecule has 0 amide bonds. The number of anilines is 2. The van der Waals surface area contributed by atoms with Crippen molar-refractivity contribution in [2.45, 2.75) is 12.5 Å². The second kappa shape index (κ2) is 6.87. The third kappa shape index (κ3) is 2.77. The fourth-order valence-electron chi connectivity index (χ4n) is 4.24. The van der Waals surface area contributed by atoms with E-state index in [4.69, 9.17) is 11.6 Å². The van der Waals surface area contributed by atoms with E-state index in [9.17, 15) is 19.1 Å². The molecule has 1 unspecified atom stereocenters. The van der Waals surface area contributed by atoms with E-state index < -0.39 is 28.6 Å². The highest BCUT2D eigenvalue weighted by atomic mass is 32.1. The molecule has 0 saturated carbocycles. The topological polar surface area (TPSA) is 126 Å². The number of thiazole rings is 1. The smallest absolute Gasteiger partial charge is 0.342 e. The summed E-state index contributed by atoms with van der Waals surface area (Å²) in [4.78, 5) is 27.0. The van der Waals surface area contributed by atoms with E-state index in [0.717, 1.165) is 11.3 Å². The SMILES string of the molecule is NNc1c(F)c(N2CCC(N)C2)cc2c1c(=O)c(C(=O)O)c1sc3cc(F)ccc3n12. The zero-order valence-corrected chi connectivity index (χ0v) is 16.8. The summed E-state index contributed by atoms with van der Waals surface area (Å²) in [5, 5.41) is 9.56. The molecule has 8 nitrogen and oxygen atoms in total. The van der Waals surface area contributed by atoms with Gasteiger partial charge in [0.15, 0.2) is 5.82 Å². The Morgan fingerprint density at radius 3 is 2.68 bits per heavy atom. The molecule has 1 aliphatic rings. The highest BCUT2D eigenvalue weighted by Crippen LogP contribution is 2.38. The number of aromatic nitrogens is 1. The summed E-state index contributed by atoms with van der Waals surface area (Å²) in [6.07, 6.45) is 0.677. The van der Waals surface area contributed by atoms with Gasteiger partial charge in [-0.25, -0.2) is 13.6 Å². The number of halogens is 2. The van der Waals surface area contributed by atoms with E-state index in [1.807, 2.05) is 0 Å². The van der Waals surface area contributed by atoms with Gasteiger partial charge in [0.05, 0.1) is 26.8 Å². The van der Waals surface area contributed by atoms with Crippen LogP contribution in [0.4, 0.5) is 20.2 Å². The number of nitrogens with zero attached hydrogens (tertiary/aromatic N) is 2. The maximum Gasteiger partial charge on any atom is 0.342 e. The van der Waals surface area contributed by atoms with Gasteiger partial charge >= 0.3 is 5.97 Å². The Balaban J connectivity index is 2.02. The van der Waals surface area contributed by atoms with E-state index in [2.05, 4.69) is 5.43 Å². The minimum atomic E-state index is -1.46. The number of fused-ring (bicyclic) bond motifs is 5. The van der Waals surface area contributed by atoms with E-state index in [1.54, 1.807) is 9.30 Å². The van der Waals surface area contributed by atoms with Gasteiger partial charge in [0.1, 0.15) is 21.9 Å². The lowest BCUT2D eigenvalue weighted by atomic mass is 10.1. The molecule has 1 atom stereocenters. The minimum Gasteiger partial charge on any atom is -0.477 e. The molecule has 160 valence electrons. The number of rotatable bonds is 3. The molecule has 5 rings (SSSR count). The average molecular weight is 445 g/mol. The lowest BCUT2D eigenvalue weighted by Crippen LogP contribution is -2.28. The number of carboxylic acids is 1. The Bertz CT molecular complexity index is 1470. The second-order valence-electron chi connectivity index (χ2n) is 7.48. The van der Waals surface area contributed by atoms with Gasteiger partial charge < -0.3 is 21.2 Å². The van der Waals surface area contributed by atoms with Crippen LogP contribution in [0.25, 0.3) is 25.9 Å². The van der Waals surface area contributed by atoms with Crippen LogP contribution in [0.2, 0.25) is 0 Å². The first-order chi connectivity index (χ1) is 14.8. The summed E-state index contributed by atoms with van der Waals surface area (Å²) >= 11 is 0.979. The van der Waals surface area contributed by atoms with Crippen molar-refractivity contribution in [1.29, 1.82) is 0 Å². The summed E-state index contributed by atoms with van der Waals surface area (Å²) in [6.45, 7) is 0.946. The first kappa shape index (κ1) is 19.7. The Morgan fingerprint density at radius 2 is 2.03 bits per heavy atom. The number of pyridine rings is 1. The lowest BCUT2D eigenvalue weighted by Gasteiger charge is -2.22. The van der Waals surface area contributed by atoms with Crippen LogP contribution in [-0.2, 0) is 0 Å². The van der Waals surface area contributed by atoms with E-state index in [1.165, 1.54) is 24.3 Å². The van der Waals surface area contributed by atoms with Crippen molar-refractivity contribution in [1.82, 2.24) is 4.40 Å². The minimum absolute atomic E-state index is 0.119. The van der Waals surface area contributed by atoms with Crippen molar-refractivity contribution in [2.24, 2.45) is 11.6 Å². The number of nitrogen functional groups attached to an aromatic ring is 1. The lowest BCUT2D eigenvalue weighted by molar-refractivity contribution is 0.0697. The van der Waals surface area contributed by atoms with E-state index in [-0.39, 0.29) is 33.1 Å². The van der Waals surface area contributed by atoms with Crippen molar-refractivity contribution in [3.63, 3.8) is 0 Å². The van der Waals surface area contributed by atoms with Crippen LogP contribution >= 0.6 is 11.3 Å². The molecule has 0 spiro atoms. The molecule has 2 aromatic heterocycles. The average Bonchev–Trinajstić information content (AvgIpc) is 3.30. The predicted octanol–water partition coefficient (Wildman–Crippen LogP) is 2.47. The molecule has 1 fully saturated rings. The van der Waals surface area contributed by atoms with Crippen molar-refractivity contribution >= 4 is 54.6 Å². The highest BCUT2D eigenvalue weighted by Gasteiger charge is 2.29. The Labute approximate surface area is 177 Å². The first-order valence-electron chi connectivity index (χ1n) is 9.45. The van der Waals surface area contributed by atoms with Gasteiger partial charge in [0.2, 0.25) is 5.43 Å². The van der Waals surface area contributed by atoms with E-state index >= 15 is 4.39 Å². The molecule has 1 saturated heterocycles. The summed E-state index contributed by atoms with van der Waals surface area (Å²) in [6, 6.07) is 5.38. The van der Waals surface area contributed by atoms with Gasteiger partial charge in [0.25, 0.3) is 0 Å². The zero-order chi connectivity index (χ0) is 22.0.